The Balaban J connectivity index is 2.31. The molecule has 0 spiro atoms. The summed E-state index contributed by atoms with van der Waals surface area (Å²) in [5, 5.41) is 3.15. The van der Waals surface area contributed by atoms with E-state index in [1.54, 1.807) is 0 Å². The first-order chi connectivity index (χ1) is 8.21. The topological polar surface area (TPSA) is 58.4 Å². The van der Waals surface area contributed by atoms with Crippen LogP contribution in [0.1, 0.15) is 39.5 Å². The molecule has 0 radical (unpaired) electrons. The highest BCUT2D eigenvalue weighted by molar-refractivity contribution is 5.79. The number of carbonyl (C=O) groups is 1. The van der Waals surface area contributed by atoms with E-state index < -0.39 is 0 Å². The molecule has 0 aromatic heterocycles. The van der Waals surface area contributed by atoms with Gasteiger partial charge in [0.15, 0.2) is 0 Å². The number of carbonyl (C=O) groups excluding carboxylic acids is 1. The van der Waals surface area contributed by atoms with Crippen LogP contribution in [0.25, 0.3) is 0 Å². The Kier molecular flexibility index (Phi) is 6.52. The van der Waals surface area contributed by atoms with Crippen molar-refractivity contribution in [3.8, 4) is 0 Å². The molecular formula is C13H27N3O. The van der Waals surface area contributed by atoms with Crippen LogP contribution >= 0.6 is 0 Å². The molecule has 1 atom stereocenters. The summed E-state index contributed by atoms with van der Waals surface area (Å²) in [6.45, 7) is 8.06. The largest absolute Gasteiger partial charge is 0.353 e. The van der Waals surface area contributed by atoms with Gasteiger partial charge in [-0.2, -0.15) is 0 Å². The minimum atomic E-state index is 0.00389. The highest BCUT2D eigenvalue weighted by Crippen LogP contribution is 2.12. The zero-order valence-corrected chi connectivity index (χ0v) is 11.2. The maximum Gasteiger partial charge on any atom is 0.224 e. The first-order valence-corrected chi connectivity index (χ1v) is 6.94. The number of hydrogen-bond acceptors (Lipinski definition) is 3. The number of nitrogens with one attached hydrogen (secondary N) is 1. The molecule has 4 heteroatoms. The van der Waals surface area contributed by atoms with Crippen LogP contribution in [0.5, 0.6) is 0 Å². The number of hydrogen-bond donors (Lipinski definition) is 2. The molecule has 1 heterocycles. The Labute approximate surface area is 105 Å². The van der Waals surface area contributed by atoms with Gasteiger partial charge in [-0.1, -0.05) is 20.3 Å². The van der Waals surface area contributed by atoms with Crippen LogP contribution in [0.15, 0.2) is 0 Å². The molecule has 1 aliphatic rings. The lowest BCUT2D eigenvalue weighted by Crippen LogP contribution is -2.47. The highest BCUT2D eigenvalue weighted by atomic mass is 16.1. The number of rotatable bonds is 6. The summed E-state index contributed by atoms with van der Waals surface area (Å²) in [6.07, 6.45) is 4.06. The van der Waals surface area contributed by atoms with Crippen molar-refractivity contribution in [1.29, 1.82) is 0 Å². The van der Waals surface area contributed by atoms with E-state index in [1.807, 2.05) is 0 Å². The van der Waals surface area contributed by atoms with Crippen molar-refractivity contribution in [1.82, 2.24) is 10.2 Å². The molecule has 1 rings (SSSR count). The molecule has 100 valence electrons. The van der Waals surface area contributed by atoms with Crippen LogP contribution in [0.3, 0.4) is 0 Å². The van der Waals surface area contributed by atoms with Crippen molar-refractivity contribution < 1.29 is 4.79 Å². The fourth-order valence-electron chi connectivity index (χ4n) is 2.42. The molecule has 1 saturated heterocycles. The zero-order chi connectivity index (χ0) is 12.7. The summed E-state index contributed by atoms with van der Waals surface area (Å²) in [6, 6.07) is 0.358. The van der Waals surface area contributed by atoms with Crippen molar-refractivity contribution in [3.63, 3.8) is 0 Å². The van der Waals surface area contributed by atoms with E-state index in [9.17, 15) is 4.79 Å². The molecule has 1 unspecified atom stereocenters. The van der Waals surface area contributed by atoms with Gasteiger partial charge in [0.25, 0.3) is 0 Å². The van der Waals surface area contributed by atoms with Crippen molar-refractivity contribution in [2.45, 2.75) is 45.6 Å². The van der Waals surface area contributed by atoms with Gasteiger partial charge in [-0.05, 0) is 25.8 Å². The van der Waals surface area contributed by atoms with Gasteiger partial charge in [0.05, 0.1) is 5.92 Å². The smallest absolute Gasteiger partial charge is 0.224 e. The van der Waals surface area contributed by atoms with Gasteiger partial charge in [0, 0.05) is 25.7 Å². The van der Waals surface area contributed by atoms with Gasteiger partial charge in [-0.3, -0.25) is 4.79 Å². The molecule has 1 amide bonds. The number of nitrogens with zero attached hydrogens (tertiary/aromatic N) is 1. The molecule has 0 aliphatic carbocycles. The van der Waals surface area contributed by atoms with Crippen LogP contribution in [-0.2, 0) is 4.79 Å². The fraction of sp³-hybridized carbons (Fsp3) is 0.923. The van der Waals surface area contributed by atoms with E-state index in [-0.39, 0.29) is 11.8 Å². The van der Waals surface area contributed by atoms with Crippen molar-refractivity contribution in [3.05, 3.63) is 0 Å². The SMILES string of the molecule is CCCC(CN)C(=O)NC1CCN(CC)CC1. The lowest BCUT2D eigenvalue weighted by molar-refractivity contribution is -0.126. The number of likely N-dealkylation sites (tertiary alicyclic amines) is 1. The van der Waals surface area contributed by atoms with Gasteiger partial charge in [0.2, 0.25) is 5.91 Å². The van der Waals surface area contributed by atoms with E-state index in [1.165, 1.54) is 0 Å². The lowest BCUT2D eigenvalue weighted by Gasteiger charge is -2.32. The van der Waals surface area contributed by atoms with Gasteiger partial charge in [0.1, 0.15) is 0 Å². The standard InChI is InChI=1S/C13H27N3O/c1-3-5-11(10-14)13(17)15-12-6-8-16(4-2)9-7-12/h11-12H,3-10,14H2,1-2H3,(H,15,17). The van der Waals surface area contributed by atoms with E-state index >= 15 is 0 Å². The molecule has 0 bridgehead atoms. The first kappa shape index (κ1) is 14.5. The summed E-state index contributed by atoms with van der Waals surface area (Å²) in [5.74, 6) is 0.161. The second kappa shape index (κ2) is 7.67. The molecule has 1 fully saturated rings. The van der Waals surface area contributed by atoms with E-state index in [0.717, 1.165) is 45.3 Å². The van der Waals surface area contributed by atoms with E-state index in [2.05, 4.69) is 24.1 Å². The first-order valence-electron chi connectivity index (χ1n) is 6.94. The maximum absolute atomic E-state index is 12.0. The van der Waals surface area contributed by atoms with Gasteiger partial charge in [-0.25, -0.2) is 0 Å². The van der Waals surface area contributed by atoms with Crippen LogP contribution in [0.4, 0.5) is 0 Å². The Morgan fingerprint density at radius 1 is 1.41 bits per heavy atom. The molecule has 4 nitrogen and oxygen atoms in total. The van der Waals surface area contributed by atoms with Crippen molar-refractivity contribution in [2.75, 3.05) is 26.2 Å². The van der Waals surface area contributed by atoms with Crippen LogP contribution < -0.4 is 11.1 Å². The summed E-state index contributed by atoms with van der Waals surface area (Å²) in [5.41, 5.74) is 5.64. The average Bonchev–Trinajstić information content (AvgIpc) is 2.36. The van der Waals surface area contributed by atoms with Crippen LogP contribution in [0, 0.1) is 5.92 Å². The second-order valence-corrected chi connectivity index (χ2v) is 4.94. The second-order valence-electron chi connectivity index (χ2n) is 4.94. The summed E-state index contributed by atoms with van der Waals surface area (Å²) in [4.78, 5) is 14.4. The van der Waals surface area contributed by atoms with Gasteiger partial charge < -0.3 is 16.0 Å². The van der Waals surface area contributed by atoms with E-state index in [4.69, 9.17) is 5.73 Å². The van der Waals surface area contributed by atoms with Crippen LogP contribution in [0.2, 0.25) is 0 Å². The zero-order valence-electron chi connectivity index (χ0n) is 11.2. The third-order valence-corrected chi connectivity index (χ3v) is 3.67. The monoisotopic (exact) mass is 241 g/mol. The molecular weight excluding hydrogens is 214 g/mol. The summed E-state index contributed by atoms with van der Waals surface area (Å²) >= 11 is 0. The molecule has 1 aliphatic heterocycles. The molecule has 17 heavy (non-hydrogen) atoms. The predicted molar refractivity (Wildman–Crippen MR) is 70.7 cm³/mol. The highest BCUT2D eigenvalue weighted by Gasteiger charge is 2.22. The van der Waals surface area contributed by atoms with Gasteiger partial charge >= 0.3 is 0 Å². The quantitative estimate of drug-likeness (QED) is 0.728. The third kappa shape index (κ3) is 4.64. The van der Waals surface area contributed by atoms with Crippen LogP contribution in [-0.4, -0.2) is 43.0 Å². The normalized spacial score (nSPS) is 20.2. The predicted octanol–water partition coefficient (Wildman–Crippen LogP) is 0.962. The minimum Gasteiger partial charge on any atom is -0.353 e. The Hall–Kier alpha value is -0.610. The number of piperidine rings is 1. The molecule has 0 aromatic carbocycles. The lowest BCUT2D eigenvalue weighted by atomic mass is 10.00. The fourth-order valence-corrected chi connectivity index (χ4v) is 2.42. The number of amides is 1. The Morgan fingerprint density at radius 2 is 2.06 bits per heavy atom. The molecule has 3 N–H and O–H groups in total. The van der Waals surface area contributed by atoms with Crippen molar-refractivity contribution >= 4 is 5.91 Å². The maximum atomic E-state index is 12.0. The van der Waals surface area contributed by atoms with E-state index in [0.29, 0.717) is 12.6 Å². The molecule has 0 aromatic rings. The Bertz CT molecular complexity index is 225. The molecule has 0 saturated carbocycles. The third-order valence-electron chi connectivity index (χ3n) is 3.67. The number of nitrogens with two attached hydrogens (primary N) is 1. The average molecular weight is 241 g/mol. The van der Waals surface area contributed by atoms with Gasteiger partial charge in [-0.15, -0.1) is 0 Å². The van der Waals surface area contributed by atoms with Crippen molar-refractivity contribution in [2.24, 2.45) is 11.7 Å². The summed E-state index contributed by atoms with van der Waals surface area (Å²) < 4.78 is 0. The summed E-state index contributed by atoms with van der Waals surface area (Å²) in [7, 11) is 0. The Morgan fingerprint density at radius 3 is 2.53 bits per heavy atom. The minimum absolute atomic E-state index is 0.00389.